The Balaban J connectivity index is 1.75. The Bertz CT molecular complexity index is 1370. The van der Waals surface area contributed by atoms with Gasteiger partial charge in [-0.1, -0.05) is 30.3 Å². The molecule has 0 fully saturated rings. The fourth-order valence-corrected chi connectivity index (χ4v) is 4.09. The van der Waals surface area contributed by atoms with Crippen molar-refractivity contribution in [2.45, 2.75) is 13.3 Å². The molecule has 0 spiro atoms. The van der Waals surface area contributed by atoms with E-state index in [9.17, 15) is 4.79 Å². The van der Waals surface area contributed by atoms with Crippen LogP contribution in [0.25, 0.3) is 16.8 Å². The normalized spacial score (nSPS) is 10.6. The molecule has 1 aromatic heterocycles. The van der Waals surface area contributed by atoms with E-state index >= 15 is 0 Å². The number of para-hydroxylation sites is 1. The monoisotopic (exact) mass is 487 g/mol. The summed E-state index contributed by atoms with van der Waals surface area (Å²) >= 11 is 0. The zero-order chi connectivity index (χ0) is 25.7. The number of aromatic nitrogens is 2. The maximum absolute atomic E-state index is 13.3. The first-order valence-electron chi connectivity index (χ1n) is 11.4. The van der Waals surface area contributed by atoms with Crippen molar-refractivity contribution in [3.05, 3.63) is 78.0 Å². The molecule has 1 N–H and O–H groups in total. The van der Waals surface area contributed by atoms with E-state index in [1.54, 1.807) is 45.3 Å². The minimum Gasteiger partial charge on any atom is -0.493 e. The number of aryl methyl sites for hydroxylation is 1. The zero-order valence-corrected chi connectivity index (χ0v) is 21.0. The third-order valence-electron chi connectivity index (χ3n) is 5.80. The molecule has 0 atom stereocenters. The molecular formula is C28H29N3O5. The van der Waals surface area contributed by atoms with Crippen LogP contribution in [0.5, 0.6) is 23.0 Å². The van der Waals surface area contributed by atoms with E-state index in [0.717, 1.165) is 28.1 Å². The summed E-state index contributed by atoms with van der Waals surface area (Å²) in [7, 11) is 6.33. The van der Waals surface area contributed by atoms with Gasteiger partial charge in [-0.25, -0.2) is 4.68 Å². The lowest BCUT2D eigenvalue weighted by Crippen LogP contribution is -2.18. The van der Waals surface area contributed by atoms with Crippen LogP contribution in [0.3, 0.4) is 0 Å². The number of hydrogen-bond acceptors (Lipinski definition) is 6. The number of carbonyl (C=O) groups is 1. The second-order valence-electron chi connectivity index (χ2n) is 8.04. The summed E-state index contributed by atoms with van der Waals surface area (Å²) in [5.41, 5.74) is 4.01. The first kappa shape index (κ1) is 24.7. The van der Waals surface area contributed by atoms with E-state index in [-0.39, 0.29) is 12.3 Å². The summed E-state index contributed by atoms with van der Waals surface area (Å²) in [4.78, 5) is 13.3. The Morgan fingerprint density at radius 2 is 1.42 bits per heavy atom. The summed E-state index contributed by atoms with van der Waals surface area (Å²) in [5.74, 6) is 2.75. The molecule has 0 aliphatic rings. The second-order valence-corrected chi connectivity index (χ2v) is 8.04. The fourth-order valence-electron chi connectivity index (χ4n) is 4.09. The van der Waals surface area contributed by atoms with Gasteiger partial charge in [0.2, 0.25) is 5.91 Å². The maximum atomic E-state index is 13.3. The molecule has 0 saturated heterocycles. The Kier molecular flexibility index (Phi) is 7.44. The molecule has 3 aromatic carbocycles. The van der Waals surface area contributed by atoms with Crippen molar-refractivity contribution < 1.29 is 23.7 Å². The predicted molar refractivity (Wildman–Crippen MR) is 139 cm³/mol. The Morgan fingerprint density at radius 3 is 2.06 bits per heavy atom. The number of methoxy groups -OCH3 is 4. The summed E-state index contributed by atoms with van der Waals surface area (Å²) in [5, 5.41) is 7.85. The van der Waals surface area contributed by atoms with Crippen molar-refractivity contribution in [2.24, 2.45) is 0 Å². The standard InChI is InChI=1S/C28H29N3O5/c1-18-27(20-12-14-23(34-3)25(17-20)36-5)28(31(30-18)21-9-7-6-8-10-21)29-26(32)16-19-11-13-22(33-2)24(15-19)35-4/h6-15,17H,16H2,1-5H3,(H,29,32). The largest absolute Gasteiger partial charge is 0.493 e. The molecule has 0 aliphatic heterocycles. The van der Waals surface area contributed by atoms with Crippen LogP contribution < -0.4 is 24.3 Å². The van der Waals surface area contributed by atoms with Crippen LogP contribution >= 0.6 is 0 Å². The number of ether oxygens (including phenoxy) is 4. The highest BCUT2D eigenvalue weighted by atomic mass is 16.5. The topological polar surface area (TPSA) is 83.8 Å². The molecule has 4 rings (SSSR count). The predicted octanol–water partition coefficient (Wildman–Crippen LogP) is 5.06. The number of amides is 1. The van der Waals surface area contributed by atoms with Gasteiger partial charge in [0.25, 0.3) is 0 Å². The third-order valence-corrected chi connectivity index (χ3v) is 5.80. The maximum Gasteiger partial charge on any atom is 0.229 e. The van der Waals surface area contributed by atoms with Crippen LogP contribution in [0, 0.1) is 6.92 Å². The van der Waals surface area contributed by atoms with Crippen molar-refractivity contribution in [1.29, 1.82) is 0 Å². The molecule has 0 unspecified atom stereocenters. The minimum atomic E-state index is -0.193. The minimum absolute atomic E-state index is 0.144. The van der Waals surface area contributed by atoms with Gasteiger partial charge in [0, 0.05) is 5.56 Å². The van der Waals surface area contributed by atoms with Crippen molar-refractivity contribution in [1.82, 2.24) is 9.78 Å². The number of hydrogen-bond donors (Lipinski definition) is 1. The SMILES string of the molecule is COc1ccc(CC(=O)Nc2c(-c3ccc(OC)c(OC)c3)c(C)nn2-c2ccccc2)cc1OC. The van der Waals surface area contributed by atoms with Gasteiger partial charge in [0.1, 0.15) is 5.82 Å². The molecule has 4 aromatic rings. The summed E-state index contributed by atoms with van der Waals surface area (Å²) in [6.07, 6.45) is 0.144. The lowest BCUT2D eigenvalue weighted by molar-refractivity contribution is -0.115. The lowest BCUT2D eigenvalue weighted by atomic mass is 10.0. The van der Waals surface area contributed by atoms with Gasteiger partial charge >= 0.3 is 0 Å². The molecule has 0 saturated carbocycles. The van der Waals surface area contributed by atoms with Gasteiger partial charge in [-0.05, 0) is 54.4 Å². The zero-order valence-electron chi connectivity index (χ0n) is 21.0. The Morgan fingerprint density at radius 1 is 0.806 bits per heavy atom. The number of rotatable bonds is 9. The third kappa shape index (κ3) is 4.98. The summed E-state index contributed by atoms with van der Waals surface area (Å²) in [6.45, 7) is 1.91. The highest BCUT2D eigenvalue weighted by Gasteiger charge is 2.22. The fraction of sp³-hybridized carbons (Fsp3) is 0.214. The number of anilines is 1. The quantitative estimate of drug-likeness (QED) is 0.355. The number of nitrogens with zero attached hydrogens (tertiary/aromatic N) is 2. The summed E-state index contributed by atoms with van der Waals surface area (Å²) < 4.78 is 23.3. The van der Waals surface area contributed by atoms with E-state index in [1.807, 2.05) is 61.5 Å². The lowest BCUT2D eigenvalue weighted by Gasteiger charge is -2.14. The van der Waals surface area contributed by atoms with Crippen LogP contribution in [0.4, 0.5) is 5.82 Å². The highest BCUT2D eigenvalue weighted by Crippen LogP contribution is 2.38. The van der Waals surface area contributed by atoms with Crippen molar-refractivity contribution in [2.75, 3.05) is 33.8 Å². The molecule has 1 amide bonds. The molecule has 186 valence electrons. The Labute approximate surface area is 210 Å². The van der Waals surface area contributed by atoms with Crippen LogP contribution in [0.1, 0.15) is 11.3 Å². The number of nitrogens with one attached hydrogen (secondary N) is 1. The molecule has 1 heterocycles. The van der Waals surface area contributed by atoms with Gasteiger partial charge in [-0.2, -0.15) is 5.10 Å². The van der Waals surface area contributed by atoms with Crippen LogP contribution in [-0.4, -0.2) is 44.1 Å². The highest BCUT2D eigenvalue weighted by molar-refractivity contribution is 5.96. The van der Waals surface area contributed by atoms with Gasteiger partial charge in [-0.15, -0.1) is 0 Å². The summed E-state index contributed by atoms with van der Waals surface area (Å²) in [6, 6.07) is 20.7. The second kappa shape index (κ2) is 10.9. The average Bonchev–Trinajstić information content (AvgIpc) is 3.23. The van der Waals surface area contributed by atoms with Crippen molar-refractivity contribution in [3.63, 3.8) is 0 Å². The van der Waals surface area contributed by atoms with Crippen LogP contribution in [0.15, 0.2) is 66.7 Å². The van der Waals surface area contributed by atoms with Gasteiger partial charge < -0.3 is 24.3 Å². The van der Waals surface area contributed by atoms with E-state index < -0.39 is 0 Å². The Hall–Kier alpha value is -4.46. The van der Waals surface area contributed by atoms with Crippen LogP contribution in [0.2, 0.25) is 0 Å². The van der Waals surface area contributed by atoms with E-state index in [0.29, 0.717) is 28.8 Å². The van der Waals surface area contributed by atoms with E-state index in [4.69, 9.17) is 24.0 Å². The molecule has 36 heavy (non-hydrogen) atoms. The van der Waals surface area contributed by atoms with E-state index in [1.165, 1.54) is 0 Å². The molecule has 0 bridgehead atoms. The van der Waals surface area contributed by atoms with Gasteiger partial charge in [0.05, 0.1) is 46.2 Å². The smallest absolute Gasteiger partial charge is 0.229 e. The van der Waals surface area contributed by atoms with Gasteiger partial charge in [-0.3, -0.25) is 4.79 Å². The van der Waals surface area contributed by atoms with Crippen molar-refractivity contribution >= 4 is 11.7 Å². The first-order chi connectivity index (χ1) is 17.5. The molecular weight excluding hydrogens is 458 g/mol. The van der Waals surface area contributed by atoms with Crippen LogP contribution in [-0.2, 0) is 11.2 Å². The molecule has 0 radical (unpaired) electrons. The van der Waals surface area contributed by atoms with Gasteiger partial charge in [0.15, 0.2) is 23.0 Å². The van der Waals surface area contributed by atoms with E-state index in [2.05, 4.69) is 5.32 Å². The number of benzene rings is 3. The average molecular weight is 488 g/mol. The van der Waals surface area contributed by atoms with Crippen molar-refractivity contribution in [3.8, 4) is 39.8 Å². The number of carbonyl (C=O) groups excluding carboxylic acids is 1. The molecule has 8 heteroatoms. The molecule has 0 aliphatic carbocycles. The molecule has 8 nitrogen and oxygen atoms in total. The first-order valence-corrected chi connectivity index (χ1v) is 11.4.